The minimum Gasteiger partial charge on any atom is -0.369 e. The van der Waals surface area contributed by atoms with Crippen LogP contribution in [0.15, 0.2) is 66.9 Å². The number of piperazine rings is 1. The molecule has 0 saturated carbocycles. The van der Waals surface area contributed by atoms with Gasteiger partial charge in [-0.3, -0.25) is 14.7 Å². The zero-order valence-electron chi connectivity index (χ0n) is 16.1. The Morgan fingerprint density at radius 3 is 2.50 bits per heavy atom. The molecule has 0 radical (unpaired) electrons. The summed E-state index contributed by atoms with van der Waals surface area (Å²) >= 11 is 0. The van der Waals surface area contributed by atoms with Gasteiger partial charge in [0.2, 0.25) is 0 Å². The zero-order chi connectivity index (χ0) is 19.2. The fourth-order valence-electron chi connectivity index (χ4n) is 3.76. The third-order valence-corrected chi connectivity index (χ3v) is 5.32. The van der Waals surface area contributed by atoms with Gasteiger partial charge in [0, 0.05) is 50.0 Å². The second-order valence-corrected chi connectivity index (χ2v) is 7.15. The van der Waals surface area contributed by atoms with Crippen LogP contribution in [0.2, 0.25) is 0 Å². The van der Waals surface area contributed by atoms with Crippen molar-refractivity contribution in [2.75, 3.05) is 44.2 Å². The first kappa shape index (κ1) is 18.4. The number of hydrogen-bond donors (Lipinski definition) is 1. The van der Waals surface area contributed by atoms with E-state index in [1.54, 1.807) is 12.3 Å². The van der Waals surface area contributed by atoms with E-state index in [0.29, 0.717) is 12.1 Å². The highest BCUT2D eigenvalue weighted by atomic mass is 16.1. The van der Waals surface area contributed by atoms with Gasteiger partial charge < -0.3 is 10.2 Å². The fraction of sp³-hybridized carbons (Fsp3) is 0.304. The number of hydrogen-bond acceptors (Lipinski definition) is 4. The van der Waals surface area contributed by atoms with Crippen molar-refractivity contribution in [1.29, 1.82) is 0 Å². The van der Waals surface area contributed by atoms with Crippen molar-refractivity contribution in [3.8, 4) is 0 Å². The van der Waals surface area contributed by atoms with Crippen molar-refractivity contribution >= 4 is 22.5 Å². The fourth-order valence-corrected chi connectivity index (χ4v) is 3.76. The molecule has 1 aliphatic heterocycles. The van der Waals surface area contributed by atoms with Crippen molar-refractivity contribution in [2.45, 2.75) is 6.42 Å². The molecule has 2 heterocycles. The predicted octanol–water partition coefficient (Wildman–Crippen LogP) is 3.18. The average molecular weight is 374 g/mol. The van der Waals surface area contributed by atoms with E-state index in [4.69, 9.17) is 0 Å². The molecule has 0 bridgehead atoms. The number of carbonyl (C=O) groups is 1. The molecule has 0 atom stereocenters. The number of benzene rings is 2. The molecule has 0 aliphatic carbocycles. The van der Waals surface area contributed by atoms with E-state index in [1.165, 1.54) is 5.69 Å². The Hall–Kier alpha value is -2.92. The number of anilines is 1. The van der Waals surface area contributed by atoms with Crippen LogP contribution in [0, 0.1) is 0 Å². The van der Waals surface area contributed by atoms with E-state index in [0.717, 1.165) is 50.0 Å². The molecule has 0 spiro atoms. The van der Waals surface area contributed by atoms with Crippen LogP contribution < -0.4 is 10.2 Å². The monoisotopic (exact) mass is 374 g/mol. The molecule has 4 rings (SSSR count). The summed E-state index contributed by atoms with van der Waals surface area (Å²) in [7, 11) is 0. The van der Waals surface area contributed by atoms with Gasteiger partial charge in [-0.15, -0.1) is 0 Å². The first-order chi connectivity index (χ1) is 13.8. The highest BCUT2D eigenvalue weighted by Crippen LogP contribution is 2.17. The van der Waals surface area contributed by atoms with Gasteiger partial charge in [0.1, 0.15) is 0 Å². The van der Waals surface area contributed by atoms with Crippen molar-refractivity contribution in [2.24, 2.45) is 0 Å². The second kappa shape index (κ2) is 8.85. The van der Waals surface area contributed by atoms with Crippen LogP contribution in [0.25, 0.3) is 10.9 Å². The molecule has 0 unspecified atom stereocenters. The van der Waals surface area contributed by atoms with Crippen molar-refractivity contribution in [3.05, 3.63) is 72.4 Å². The number of amides is 1. The van der Waals surface area contributed by atoms with Crippen LogP contribution in [-0.2, 0) is 0 Å². The van der Waals surface area contributed by atoms with Gasteiger partial charge in [0.15, 0.2) is 0 Å². The van der Waals surface area contributed by atoms with Gasteiger partial charge in [0.05, 0.1) is 11.1 Å². The molecule has 1 aromatic heterocycles. The number of nitrogens with one attached hydrogen (secondary N) is 1. The Balaban J connectivity index is 1.21. The molecule has 2 aromatic carbocycles. The van der Waals surface area contributed by atoms with Gasteiger partial charge in [-0.25, -0.2) is 0 Å². The van der Waals surface area contributed by atoms with Gasteiger partial charge >= 0.3 is 0 Å². The lowest BCUT2D eigenvalue weighted by Crippen LogP contribution is -2.47. The summed E-state index contributed by atoms with van der Waals surface area (Å²) in [5, 5.41) is 3.96. The van der Waals surface area contributed by atoms with Gasteiger partial charge in [-0.05, 0) is 37.2 Å². The van der Waals surface area contributed by atoms with E-state index in [1.807, 2.05) is 24.3 Å². The Kier molecular flexibility index (Phi) is 5.83. The maximum absolute atomic E-state index is 12.6. The highest BCUT2D eigenvalue weighted by molar-refractivity contribution is 6.05. The minimum atomic E-state index is -0.0208. The molecule has 5 heteroatoms. The molecular weight excluding hydrogens is 348 g/mol. The largest absolute Gasteiger partial charge is 0.369 e. The number of carbonyl (C=O) groups excluding carboxylic acids is 1. The molecule has 28 heavy (non-hydrogen) atoms. The van der Waals surface area contributed by atoms with E-state index in [9.17, 15) is 4.79 Å². The van der Waals surface area contributed by atoms with Crippen LogP contribution in [0.3, 0.4) is 0 Å². The summed E-state index contributed by atoms with van der Waals surface area (Å²) in [4.78, 5) is 21.8. The molecular formula is C23H26N4O. The van der Waals surface area contributed by atoms with E-state index in [2.05, 4.69) is 50.4 Å². The van der Waals surface area contributed by atoms with Gasteiger partial charge in [-0.1, -0.05) is 36.4 Å². The molecule has 144 valence electrons. The predicted molar refractivity (Wildman–Crippen MR) is 114 cm³/mol. The molecule has 1 saturated heterocycles. The highest BCUT2D eigenvalue weighted by Gasteiger charge is 2.16. The van der Waals surface area contributed by atoms with Gasteiger partial charge in [0.25, 0.3) is 5.91 Å². The summed E-state index contributed by atoms with van der Waals surface area (Å²) in [6.07, 6.45) is 2.66. The first-order valence-corrected chi connectivity index (χ1v) is 9.95. The zero-order valence-corrected chi connectivity index (χ0v) is 16.1. The summed E-state index contributed by atoms with van der Waals surface area (Å²) in [6.45, 7) is 5.95. The summed E-state index contributed by atoms with van der Waals surface area (Å²) < 4.78 is 0. The molecule has 1 N–H and O–H groups in total. The SMILES string of the molecule is O=C(NCCCN1CCN(c2ccccc2)CC1)c1ccnc2ccccc12. The Bertz CT molecular complexity index is 915. The Labute approximate surface area is 166 Å². The third-order valence-electron chi connectivity index (χ3n) is 5.32. The van der Waals surface area contributed by atoms with Crippen molar-refractivity contribution in [1.82, 2.24) is 15.2 Å². The van der Waals surface area contributed by atoms with Gasteiger partial charge in [-0.2, -0.15) is 0 Å². The number of nitrogens with zero attached hydrogens (tertiary/aromatic N) is 3. The van der Waals surface area contributed by atoms with Crippen LogP contribution >= 0.6 is 0 Å². The summed E-state index contributed by atoms with van der Waals surface area (Å²) in [5.74, 6) is -0.0208. The topological polar surface area (TPSA) is 48.5 Å². The standard InChI is InChI=1S/C23H26N4O/c28-23(21-11-13-24-22-10-5-4-9-20(21)22)25-12-6-14-26-15-17-27(18-16-26)19-7-2-1-3-8-19/h1-5,7-11,13H,6,12,14-18H2,(H,25,28). The van der Waals surface area contributed by atoms with Crippen LogP contribution in [-0.4, -0.2) is 55.1 Å². The molecule has 1 aliphatic rings. The minimum absolute atomic E-state index is 0.0208. The second-order valence-electron chi connectivity index (χ2n) is 7.15. The lowest BCUT2D eigenvalue weighted by atomic mass is 10.1. The van der Waals surface area contributed by atoms with E-state index >= 15 is 0 Å². The van der Waals surface area contributed by atoms with E-state index < -0.39 is 0 Å². The lowest BCUT2D eigenvalue weighted by Gasteiger charge is -2.36. The maximum atomic E-state index is 12.6. The lowest BCUT2D eigenvalue weighted by molar-refractivity contribution is 0.0953. The molecule has 1 fully saturated rings. The van der Waals surface area contributed by atoms with Crippen LogP contribution in [0.4, 0.5) is 5.69 Å². The van der Waals surface area contributed by atoms with Crippen molar-refractivity contribution in [3.63, 3.8) is 0 Å². The third kappa shape index (κ3) is 4.31. The van der Waals surface area contributed by atoms with Crippen molar-refractivity contribution < 1.29 is 4.79 Å². The molecule has 3 aromatic rings. The number of pyridine rings is 1. The Morgan fingerprint density at radius 1 is 0.929 bits per heavy atom. The summed E-state index contributed by atoms with van der Waals surface area (Å²) in [6, 6.07) is 20.1. The molecule has 5 nitrogen and oxygen atoms in total. The van der Waals surface area contributed by atoms with E-state index in [-0.39, 0.29) is 5.91 Å². The first-order valence-electron chi connectivity index (χ1n) is 9.95. The van der Waals surface area contributed by atoms with Crippen LogP contribution in [0.1, 0.15) is 16.8 Å². The van der Waals surface area contributed by atoms with Crippen LogP contribution in [0.5, 0.6) is 0 Å². The Morgan fingerprint density at radius 2 is 1.68 bits per heavy atom. The smallest absolute Gasteiger partial charge is 0.252 e. The number of rotatable bonds is 6. The number of para-hydroxylation sites is 2. The quantitative estimate of drug-likeness (QED) is 0.674. The maximum Gasteiger partial charge on any atom is 0.252 e. The number of fused-ring (bicyclic) bond motifs is 1. The number of aromatic nitrogens is 1. The average Bonchev–Trinajstić information content (AvgIpc) is 2.77. The molecule has 1 amide bonds. The summed E-state index contributed by atoms with van der Waals surface area (Å²) in [5.41, 5.74) is 2.85. The normalized spacial score (nSPS) is 14.9.